The summed E-state index contributed by atoms with van der Waals surface area (Å²) in [6.45, 7) is 1.91. The van der Waals surface area contributed by atoms with Gasteiger partial charge in [-0.05, 0) is 0 Å². The van der Waals surface area contributed by atoms with E-state index < -0.39 is 5.97 Å². The minimum Gasteiger partial charge on any atom is -0.464 e. The number of nitrogens with zero attached hydrogens (tertiary/aromatic N) is 1. The van der Waals surface area contributed by atoms with E-state index >= 15 is 0 Å². The first-order valence-electron chi connectivity index (χ1n) is 3.51. The van der Waals surface area contributed by atoms with Crippen LogP contribution in [0, 0.1) is 0 Å². The Morgan fingerprint density at radius 3 is 2.83 bits per heavy atom. The molecule has 0 aliphatic carbocycles. The average Bonchev–Trinajstić information content (AvgIpc) is 2.45. The van der Waals surface area contributed by atoms with E-state index in [1.165, 1.54) is 7.11 Å². The largest absolute Gasteiger partial charge is 0.464 e. The molecule has 1 N–H and O–H groups in total. The number of esters is 1. The van der Waals surface area contributed by atoms with Gasteiger partial charge in [-0.3, -0.25) is 0 Å². The molecule has 1 heterocycles. The van der Waals surface area contributed by atoms with Gasteiger partial charge in [-0.15, -0.1) is 0 Å². The topological polar surface area (TPSA) is 55.0 Å². The lowest BCUT2D eigenvalue weighted by molar-refractivity contribution is 0.0595. The Morgan fingerprint density at radius 1 is 1.75 bits per heavy atom. The van der Waals surface area contributed by atoms with Gasteiger partial charge in [-0.25, -0.2) is 9.78 Å². The van der Waals surface area contributed by atoms with Gasteiger partial charge in [-0.1, -0.05) is 18.5 Å². The fourth-order valence-electron chi connectivity index (χ4n) is 0.797. The number of H-pyrrole nitrogens is 1. The van der Waals surface area contributed by atoms with Crippen molar-refractivity contribution >= 4 is 17.6 Å². The van der Waals surface area contributed by atoms with E-state index in [-0.39, 0.29) is 10.8 Å². The van der Waals surface area contributed by atoms with Gasteiger partial charge in [0.25, 0.3) is 0 Å². The van der Waals surface area contributed by atoms with Crippen molar-refractivity contribution in [1.29, 1.82) is 0 Å². The smallest absolute Gasteiger partial charge is 0.359 e. The molecular weight excluding hydrogens is 180 g/mol. The standard InChI is InChI=1S/C7H9ClN2O2/c1-3-4-9-5(6(8)10-4)7(11)12-2/h3H2,1-2H3,(H,9,10). The van der Waals surface area contributed by atoms with Crippen LogP contribution in [0.5, 0.6) is 0 Å². The monoisotopic (exact) mass is 188 g/mol. The molecule has 5 heteroatoms. The van der Waals surface area contributed by atoms with Gasteiger partial charge in [-0.2, -0.15) is 0 Å². The highest BCUT2D eigenvalue weighted by atomic mass is 35.5. The third-order valence-electron chi connectivity index (χ3n) is 1.42. The van der Waals surface area contributed by atoms with Crippen LogP contribution in [0.4, 0.5) is 0 Å². The Labute approximate surface area is 74.9 Å². The number of aromatic nitrogens is 2. The van der Waals surface area contributed by atoms with Crippen molar-refractivity contribution in [1.82, 2.24) is 9.97 Å². The predicted molar refractivity (Wildman–Crippen MR) is 44.3 cm³/mol. The second-order valence-electron chi connectivity index (χ2n) is 2.19. The van der Waals surface area contributed by atoms with Crippen molar-refractivity contribution in [2.24, 2.45) is 0 Å². The molecule has 1 rings (SSSR count). The first kappa shape index (κ1) is 9.06. The summed E-state index contributed by atoms with van der Waals surface area (Å²) in [7, 11) is 1.29. The van der Waals surface area contributed by atoms with E-state index in [0.29, 0.717) is 12.2 Å². The highest BCUT2D eigenvalue weighted by Crippen LogP contribution is 2.13. The number of rotatable bonds is 2. The number of ether oxygens (including phenoxy) is 1. The lowest BCUT2D eigenvalue weighted by Crippen LogP contribution is -2.02. The van der Waals surface area contributed by atoms with Crippen molar-refractivity contribution in [2.75, 3.05) is 7.11 Å². The van der Waals surface area contributed by atoms with Crippen molar-refractivity contribution in [3.8, 4) is 0 Å². The minimum absolute atomic E-state index is 0.149. The molecular formula is C7H9ClN2O2. The number of nitrogens with one attached hydrogen (secondary N) is 1. The van der Waals surface area contributed by atoms with Gasteiger partial charge < -0.3 is 9.72 Å². The van der Waals surface area contributed by atoms with Crippen LogP contribution in [-0.2, 0) is 11.2 Å². The summed E-state index contributed by atoms with van der Waals surface area (Å²) >= 11 is 5.68. The molecule has 1 aromatic rings. The maximum Gasteiger partial charge on any atom is 0.359 e. The fraction of sp³-hybridized carbons (Fsp3) is 0.429. The third-order valence-corrected chi connectivity index (χ3v) is 1.70. The van der Waals surface area contributed by atoms with E-state index in [1.807, 2.05) is 6.92 Å². The summed E-state index contributed by atoms with van der Waals surface area (Å²) in [4.78, 5) is 17.7. The summed E-state index contributed by atoms with van der Waals surface area (Å²) in [6.07, 6.45) is 0.705. The quantitative estimate of drug-likeness (QED) is 0.714. The first-order chi connectivity index (χ1) is 5.69. The average molecular weight is 189 g/mol. The molecule has 0 amide bonds. The van der Waals surface area contributed by atoms with Gasteiger partial charge in [0.15, 0.2) is 5.69 Å². The molecule has 12 heavy (non-hydrogen) atoms. The van der Waals surface area contributed by atoms with E-state index in [1.54, 1.807) is 0 Å². The first-order valence-corrected chi connectivity index (χ1v) is 3.89. The van der Waals surface area contributed by atoms with E-state index in [0.717, 1.165) is 0 Å². The highest BCUT2D eigenvalue weighted by molar-refractivity contribution is 6.32. The lowest BCUT2D eigenvalue weighted by Gasteiger charge is -1.92. The van der Waals surface area contributed by atoms with Crippen molar-refractivity contribution < 1.29 is 9.53 Å². The number of hydrogen-bond acceptors (Lipinski definition) is 3. The normalized spacial score (nSPS) is 9.92. The summed E-state index contributed by atoms with van der Waals surface area (Å²) in [5, 5.41) is 0.235. The van der Waals surface area contributed by atoms with Gasteiger partial charge >= 0.3 is 5.97 Å². The number of methoxy groups -OCH3 is 1. The fourth-order valence-corrected chi connectivity index (χ4v) is 1.03. The number of carbonyl (C=O) groups excluding carboxylic acids is 1. The summed E-state index contributed by atoms with van der Waals surface area (Å²) in [5.41, 5.74) is 0.149. The molecule has 0 atom stereocenters. The molecule has 0 saturated carbocycles. The number of aromatic amines is 1. The van der Waals surface area contributed by atoms with E-state index in [9.17, 15) is 4.79 Å². The molecule has 0 aromatic carbocycles. The lowest BCUT2D eigenvalue weighted by atomic mass is 10.5. The second kappa shape index (κ2) is 3.58. The molecule has 66 valence electrons. The molecule has 0 radical (unpaired) electrons. The Bertz CT molecular complexity index is 296. The van der Waals surface area contributed by atoms with Crippen LogP contribution in [0.3, 0.4) is 0 Å². The summed E-state index contributed by atoms with van der Waals surface area (Å²) < 4.78 is 4.47. The van der Waals surface area contributed by atoms with Crippen molar-refractivity contribution in [3.05, 3.63) is 16.7 Å². The predicted octanol–water partition coefficient (Wildman–Crippen LogP) is 1.41. The zero-order valence-corrected chi connectivity index (χ0v) is 7.60. The molecule has 0 saturated heterocycles. The zero-order valence-electron chi connectivity index (χ0n) is 6.85. The molecule has 0 spiro atoms. The zero-order chi connectivity index (χ0) is 9.14. The maximum atomic E-state index is 11.0. The number of aryl methyl sites for hydroxylation is 1. The van der Waals surface area contributed by atoms with Crippen LogP contribution < -0.4 is 0 Å². The number of hydrogen-bond donors (Lipinski definition) is 1. The Kier molecular flexibility index (Phi) is 2.70. The Balaban J connectivity index is 2.99. The summed E-state index contributed by atoms with van der Waals surface area (Å²) in [5.74, 6) is 0.163. The molecule has 0 fully saturated rings. The molecule has 0 unspecified atom stereocenters. The van der Waals surface area contributed by atoms with Crippen LogP contribution in [0.15, 0.2) is 0 Å². The number of carbonyl (C=O) groups is 1. The van der Waals surface area contributed by atoms with Crippen LogP contribution in [0.1, 0.15) is 23.2 Å². The number of imidazole rings is 1. The van der Waals surface area contributed by atoms with E-state index in [2.05, 4.69) is 14.7 Å². The Hall–Kier alpha value is -1.03. The molecule has 0 bridgehead atoms. The summed E-state index contributed by atoms with van der Waals surface area (Å²) in [6, 6.07) is 0. The van der Waals surface area contributed by atoms with Gasteiger partial charge in [0.1, 0.15) is 11.0 Å². The minimum atomic E-state index is -0.518. The highest BCUT2D eigenvalue weighted by Gasteiger charge is 2.15. The van der Waals surface area contributed by atoms with Crippen LogP contribution in [-0.4, -0.2) is 23.0 Å². The second-order valence-corrected chi connectivity index (χ2v) is 2.57. The number of halogens is 1. The van der Waals surface area contributed by atoms with Crippen LogP contribution in [0.25, 0.3) is 0 Å². The van der Waals surface area contributed by atoms with Crippen LogP contribution in [0.2, 0.25) is 5.15 Å². The third kappa shape index (κ3) is 1.58. The van der Waals surface area contributed by atoms with Crippen LogP contribution >= 0.6 is 11.6 Å². The van der Waals surface area contributed by atoms with Gasteiger partial charge in [0, 0.05) is 6.42 Å². The molecule has 0 aliphatic rings. The SMILES string of the molecule is CCc1nc(C(=O)OC)c(Cl)[nH]1. The van der Waals surface area contributed by atoms with Crippen molar-refractivity contribution in [3.63, 3.8) is 0 Å². The Morgan fingerprint density at radius 2 is 2.42 bits per heavy atom. The molecule has 0 aliphatic heterocycles. The van der Waals surface area contributed by atoms with E-state index in [4.69, 9.17) is 11.6 Å². The van der Waals surface area contributed by atoms with Gasteiger partial charge in [0.2, 0.25) is 0 Å². The molecule has 4 nitrogen and oxygen atoms in total. The molecule has 1 aromatic heterocycles. The van der Waals surface area contributed by atoms with Gasteiger partial charge in [0.05, 0.1) is 7.11 Å². The van der Waals surface area contributed by atoms with Crippen molar-refractivity contribution in [2.45, 2.75) is 13.3 Å². The maximum absolute atomic E-state index is 11.0.